The Hall–Kier alpha value is -3.26. The number of nitrogens with zero attached hydrogens (tertiary/aromatic N) is 3. The van der Waals surface area contributed by atoms with E-state index >= 15 is 0 Å². The Balaban J connectivity index is 0.00000342. The topological polar surface area (TPSA) is 80.8 Å². The van der Waals surface area contributed by atoms with Crippen molar-refractivity contribution in [2.75, 3.05) is 45.6 Å². The highest BCUT2D eigenvalue weighted by Gasteiger charge is 2.23. The smallest absolute Gasteiger partial charge is 0.225 e. The molecule has 4 rings (SSSR count). The molecule has 190 valence electrons. The van der Waals surface area contributed by atoms with Crippen molar-refractivity contribution in [2.45, 2.75) is 51.7 Å². The van der Waals surface area contributed by atoms with Gasteiger partial charge in [-0.15, -0.1) is 0 Å². The third kappa shape index (κ3) is 6.06. The van der Waals surface area contributed by atoms with E-state index in [1.54, 1.807) is 21.3 Å². The zero-order valence-electron chi connectivity index (χ0n) is 20.7. The van der Waals surface area contributed by atoms with E-state index in [9.17, 15) is 0 Å². The van der Waals surface area contributed by atoms with Gasteiger partial charge >= 0.3 is 0 Å². The number of rotatable bonds is 9. The van der Waals surface area contributed by atoms with Gasteiger partial charge in [-0.05, 0) is 43.9 Å². The molecule has 1 fully saturated rings. The number of fused-ring (bicyclic) bond motifs is 1. The van der Waals surface area contributed by atoms with Crippen LogP contribution in [0.1, 0.15) is 38.7 Å². The Morgan fingerprint density at radius 3 is 2.14 bits per heavy atom. The summed E-state index contributed by atoms with van der Waals surface area (Å²) in [6.45, 7) is 0.715. The lowest BCUT2D eigenvalue weighted by Gasteiger charge is -2.30. The molecule has 1 aliphatic rings. The fourth-order valence-electron chi connectivity index (χ4n) is 4.57. The van der Waals surface area contributed by atoms with Gasteiger partial charge in [-0.25, -0.2) is 4.98 Å². The summed E-state index contributed by atoms with van der Waals surface area (Å²) < 4.78 is 16.4. The number of hydrogen-bond acceptors (Lipinski definition) is 8. The number of anilines is 2. The monoisotopic (exact) mass is 481 g/mol. The minimum atomic E-state index is 0. The summed E-state index contributed by atoms with van der Waals surface area (Å²) in [5, 5.41) is 8.34. The molecule has 1 heterocycles. The summed E-state index contributed by atoms with van der Waals surface area (Å²) in [5.74, 6) is 3.82. The molecule has 0 unspecified atom stereocenters. The van der Waals surface area contributed by atoms with Crippen molar-refractivity contribution in [3.63, 3.8) is 0 Å². The lowest BCUT2D eigenvalue weighted by Crippen LogP contribution is -2.37. The Labute approximate surface area is 209 Å². The third-order valence-electron chi connectivity index (χ3n) is 6.43. The van der Waals surface area contributed by atoms with Gasteiger partial charge in [-0.2, -0.15) is 4.98 Å². The zero-order chi connectivity index (χ0) is 24.1. The van der Waals surface area contributed by atoms with Crippen LogP contribution in [0.2, 0.25) is 0 Å². The number of nitrogens with one attached hydrogen (secondary N) is 2. The normalized spacial score (nSPS) is 17.4. The van der Waals surface area contributed by atoms with Crippen LogP contribution in [-0.2, 0) is 6.54 Å². The van der Waals surface area contributed by atoms with Gasteiger partial charge in [0.05, 0.1) is 26.8 Å². The minimum Gasteiger partial charge on any atom is -0.496 e. The fourth-order valence-corrected chi connectivity index (χ4v) is 4.57. The number of aromatic nitrogens is 2. The molecule has 0 amide bonds. The number of benzene rings is 2. The largest absolute Gasteiger partial charge is 0.496 e. The Bertz CT molecular complexity index is 1110. The van der Waals surface area contributed by atoms with Crippen LogP contribution < -0.4 is 29.7 Å². The molecule has 1 aromatic heterocycles. The van der Waals surface area contributed by atoms with Crippen molar-refractivity contribution in [2.24, 2.45) is 0 Å². The van der Waals surface area contributed by atoms with Crippen LogP contribution >= 0.6 is 0 Å². The maximum atomic E-state index is 5.56. The van der Waals surface area contributed by atoms with Crippen LogP contribution in [0.3, 0.4) is 0 Å². The van der Waals surface area contributed by atoms with E-state index in [1.165, 1.54) is 0 Å². The predicted octanol–water partition coefficient (Wildman–Crippen LogP) is 4.87. The Kier molecular flexibility index (Phi) is 8.98. The van der Waals surface area contributed by atoms with E-state index in [0.717, 1.165) is 53.7 Å². The first-order valence-electron chi connectivity index (χ1n) is 11.7. The Morgan fingerprint density at radius 1 is 0.857 bits per heavy atom. The van der Waals surface area contributed by atoms with E-state index < -0.39 is 0 Å². The van der Waals surface area contributed by atoms with Crippen LogP contribution in [-0.4, -0.2) is 57.5 Å². The average molecular weight is 482 g/mol. The summed E-state index contributed by atoms with van der Waals surface area (Å²) in [5.41, 5.74) is 2.02. The second-order valence-electron chi connectivity index (χ2n) is 8.88. The predicted molar refractivity (Wildman–Crippen MR) is 143 cm³/mol. The molecule has 1 aliphatic carbocycles. The molecule has 0 aliphatic heterocycles. The zero-order valence-corrected chi connectivity index (χ0v) is 20.7. The summed E-state index contributed by atoms with van der Waals surface area (Å²) in [6, 6.07) is 12.8. The molecule has 8 nitrogen and oxygen atoms in total. The highest BCUT2D eigenvalue weighted by atomic mass is 16.5. The summed E-state index contributed by atoms with van der Waals surface area (Å²) in [7, 11) is 8.99. The van der Waals surface area contributed by atoms with E-state index in [-0.39, 0.29) is 7.43 Å². The molecule has 0 spiro atoms. The van der Waals surface area contributed by atoms with Crippen molar-refractivity contribution < 1.29 is 14.2 Å². The average Bonchev–Trinajstić information content (AvgIpc) is 2.87. The number of para-hydroxylation sites is 1. The summed E-state index contributed by atoms with van der Waals surface area (Å²) in [4.78, 5) is 11.6. The third-order valence-corrected chi connectivity index (χ3v) is 6.43. The Morgan fingerprint density at radius 2 is 1.49 bits per heavy atom. The van der Waals surface area contributed by atoms with Gasteiger partial charge in [0, 0.05) is 49.7 Å². The molecular formula is C27H39N5O3. The van der Waals surface area contributed by atoms with Crippen molar-refractivity contribution in [3.8, 4) is 17.2 Å². The first kappa shape index (κ1) is 26.3. The number of ether oxygens (including phenoxy) is 3. The van der Waals surface area contributed by atoms with Gasteiger partial charge in [0.15, 0.2) is 11.5 Å². The summed E-state index contributed by atoms with van der Waals surface area (Å²) >= 11 is 0. The molecule has 2 aromatic carbocycles. The minimum absolute atomic E-state index is 0. The van der Waals surface area contributed by atoms with Crippen LogP contribution in [0.5, 0.6) is 17.2 Å². The molecule has 0 saturated heterocycles. The van der Waals surface area contributed by atoms with Crippen molar-refractivity contribution in [3.05, 3.63) is 42.0 Å². The second-order valence-corrected chi connectivity index (χ2v) is 8.88. The molecule has 2 N–H and O–H groups in total. The molecule has 0 bridgehead atoms. The van der Waals surface area contributed by atoms with E-state index in [1.807, 2.05) is 49.3 Å². The second kappa shape index (κ2) is 11.9. The van der Waals surface area contributed by atoms with Gasteiger partial charge in [0.2, 0.25) is 5.95 Å². The molecule has 0 radical (unpaired) electrons. The van der Waals surface area contributed by atoms with E-state index in [0.29, 0.717) is 36.1 Å². The van der Waals surface area contributed by atoms with Gasteiger partial charge < -0.3 is 29.7 Å². The van der Waals surface area contributed by atoms with Gasteiger partial charge in [-0.1, -0.05) is 19.6 Å². The molecule has 8 heteroatoms. The first-order chi connectivity index (χ1) is 16.5. The highest BCUT2D eigenvalue weighted by molar-refractivity contribution is 5.90. The van der Waals surface area contributed by atoms with Crippen molar-refractivity contribution in [1.82, 2.24) is 15.3 Å². The van der Waals surface area contributed by atoms with Crippen LogP contribution in [0.4, 0.5) is 11.8 Å². The van der Waals surface area contributed by atoms with Gasteiger partial charge in [0.1, 0.15) is 11.6 Å². The van der Waals surface area contributed by atoms with E-state index in [2.05, 4.69) is 16.7 Å². The molecular weight excluding hydrogens is 442 g/mol. The van der Waals surface area contributed by atoms with Crippen molar-refractivity contribution >= 4 is 22.7 Å². The maximum absolute atomic E-state index is 5.56. The number of hydrogen-bond donors (Lipinski definition) is 2. The quantitative estimate of drug-likeness (QED) is 0.448. The molecule has 0 atom stereocenters. The standard InChI is InChI=1S/C26H35N5O3.CH4/c1-31(2)25-20-8-6-7-9-21(20)29-26(30-25)28-19-12-10-18(11-13-19)27-16-17-14-23(33-4)24(34-5)15-22(17)32-3;/h6-9,14-15,18-19,27H,10-13,16H2,1-5H3,(H,28,29,30);1H4. The maximum Gasteiger partial charge on any atom is 0.225 e. The molecule has 3 aromatic rings. The van der Waals surface area contributed by atoms with Crippen LogP contribution in [0.25, 0.3) is 10.9 Å². The van der Waals surface area contributed by atoms with Crippen LogP contribution in [0, 0.1) is 0 Å². The van der Waals surface area contributed by atoms with Crippen LogP contribution in [0.15, 0.2) is 36.4 Å². The lowest BCUT2D eigenvalue weighted by molar-refractivity contribution is 0.339. The SMILES string of the molecule is C.COc1cc(OC)c(OC)cc1CNC1CCC(Nc2nc(N(C)C)c3ccccc3n2)CC1. The van der Waals surface area contributed by atoms with Crippen molar-refractivity contribution in [1.29, 1.82) is 0 Å². The van der Waals surface area contributed by atoms with Gasteiger partial charge in [-0.3, -0.25) is 0 Å². The van der Waals surface area contributed by atoms with E-state index in [4.69, 9.17) is 24.2 Å². The lowest BCUT2D eigenvalue weighted by atomic mass is 9.91. The summed E-state index contributed by atoms with van der Waals surface area (Å²) in [6.07, 6.45) is 4.30. The number of methoxy groups -OCH3 is 3. The highest BCUT2D eigenvalue weighted by Crippen LogP contribution is 2.35. The molecule has 35 heavy (non-hydrogen) atoms. The van der Waals surface area contributed by atoms with Gasteiger partial charge in [0.25, 0.3) is 0 Å². The first-order valence-corrected chi connectivity index (χ1v) is 11.7. The fraction of sp³-hybridized carbons (Fsp3) is 0.481. The molecule has 1 saturated carbocycles.